The zero-order valence-corrected chi connectivity index (χ0v) is 12.3. The number of rotatable bonds is 2. The van der Waals surface area contributed by atoms with Gasteiger partial charge >= 0.3 is 0 Å². The van der Waals surface area contributed by atoms with Crippen LogP contribution in [-0.2, 0) is 0 Å². The fourth-order valence-electron chi connectivity index (χ4n) is 3.47. The summed E-state index contributed by atoms with van der Waals surface area (Å²) in [5.41, 5.74) is 4.41. The average Bonchev–Trinajstić information content (AvgIpc) is 2.99. The van der Waals surface area contributed by atoms with Crippen molar-refractivity contribution >= 4 is 16.7 Å². The Kier molecular flexibility index (Phi) is 3.34. The first kappa shape index (κ1) is 12.8. The molecule has 2 aliphatic rings. The predicted molar refractivity (Wildman–Crippen MR) is 86.1 cm³/mol. The van der Waals surface area contributed by atoms with Gasteiger partial charge in [-0.05, 0) is 37.3 Å². The van der Waals surface area contributed by atoms with Crippen LogP contribution in [0, 0.1) is 0 Å². The largest absolute Gasteiger partial charge is 0.340 e. The van der Waals surface area contributed by atoms with Crippen LogP contribution < -0.4 is 0 Å². The van der Waals surface area contributed by atoms with E-state index in [4.69, 9.17) is 4.98 Å². The third kappa shape index (κ3) is 2.53. The molecule has 2 aromatic heterocycles. The molecule has 0 bridgehead atoms. The van der Waals surface area contributed by atoms with Crippen molar-refractivity contribution in [2.24, 2.45) is 0 Å². The normalized spacial score (nSPS) is 19.9. The van der Waals surface area contributed by atoms with E-state index in [9.17, 15) is 0 Å². The summed E-state index contributed by atoms with van der Waals surface area (Å²) in [5.74, 6) is 1.74. The van der Waals surface area contributed by atoms with Gasteiger partial charge in [0.05, 0.1) is 5.52 Å². The number of nitrogens with one attached hydrogen (secondary N) is 1. The van der Waals surface area contributed by atoms with Gasteiger partial charge in [-0.2, -0.15) is 0 Å². The first-order valence-corrected chi connectivity index (χ1v) is 8.13. The van der Waals surface area contributed by atoms with Crippen LogP contribution in [0.15, 0.2) is 30.5 Å². The molecule has 0 atom stereocenters. The summed E-state index contributed by atoms with van der Waals surface area (Å²) in [6, 6.07) is 2.20. The van der Waals surface area contributed by atoms with Crippen molar-refractivity contribution in [1.29, 1.82) is 0 Å². The van der Waals surface area contributed by atoms with E-state index in [1.807, 2.05) is 6.20 Å². The van der Waals surface area contributed by atoms with Crippen molar-refractivity contribution in [3.8, 4) is 0 Å². The Hall–Kier alpha value is -1.90. The zero-order valence-electron chi connectivity index (χ0n) is 12.3. The van der Waals surface area contributed by atoms with Gasteiger partial charge in [-0.3, -0.25) is 0 Å². The predicted octanol–water partition coefficient (Wildman–Crippen LogP) is 4.74. The van der Waals surface area contributed by atoms with Gasteiger partial charge in [0.25, 0.3) is 0 Å². The monoisotopic (exact) mass is 279 g/mol. The number of pyridine rings is 1. The lowest BCUT2D eigenvalue weighted by molar-refractivity contribution is 0.431. The molecule has 1 saturated carbocycles. The molecule has 1 fully saturated rings. The van der Waals surface area contributed by atoms with Crippen molar-refractivity contribution in [2.45, 2.75) is 50.9 Å². The topological polar surface area (TPSA) is 41.6 Å². The highest BCUT2D eigenvalue weighted by molar-refractivity contribution is 5.81. The fraction of sp³-hybridized carbons (Fsp3) is 0.444. The fourth-order valence-corrected chi connectivity index (χ4v) is 3.47. The first-order valence-electron chi connectivity index (χ1n) is 8.13. The molecule has 2 aliphatic carbocycles. The Bertz CT molecular complexity index is 702. The third-order valence-electron chi connectivity index (χ3n) is 4.68. The summed E-state index contributed by atoms with van der Waals surface area (Å²) in [4.78, 5) is 12.8. The van der Waals surface area contributed by atoms with Crippen molar-refractivity contribution < 1.29 is 0 Å². The lowest BCUT2D eigenvalue weighted by Gasteiger charge is -2.18. The molecule has 0 amide bonds. The maximum Gasteiger partial charge on any atom is 0.177 e. The third-order valence-corrected chi connectivity index (χ3v) is 4.68. The van der Waals surface area contributed by atoms with E-state index >= 15 is 0 Å². The number of aromatic amines is 1. The van der Waals surface area contributed by atoms with Crippen LogP contribution >= 0.6 is 0 Å². The van der Waals surface area contributed by atoms with Crippen molar-refractivity contribution in [2.75, 3.05) is 0 Å². The van der Waals surface area contributed by atoms with Crippen LogP contribution in [0.2, 0.25) is 0 Å². The summed E-state index contributed by atoms with van der Waals surface area (Å²) < 4.78 is 0. The number of H-pyrrole nitrogens is 1. The van der Waals surface area contributed by atoms with Crippen LogP contribution in [0.25, 0.3) is 16.7 Å². The Morgan fingerprint density at radius 3 is 2.81 bits per heavy atom. The molecule has 0 unspecified atom stereocenters. The second-order valence-corrected chi connectivity index (χ2v) is 6.19. The minimum atomic E-state index is 0.602. The summed E-state index contributed by atoms with van der Waals surface area (Å²) in [6.07, 6.45) is 17.5. The smallest absolute Gasteiger partial charge is 0.177 e. The minimum Gasteiger partial charge on any atom is -0.340 e. The standard InChI is InChI=1S/C18H21N3/c1-3-7-13(8-4-1)15-11-16-18(19-12-15)21-17(20-16)14-9-5-2-6-10-14/h3,7-8,11-12,14H,1-2,4-6,9-10H2,(H,19,20,21). The Labute approximate surface area is 125 Å². The van der Waals surface area contributed by atoms with Crippen LogP contribution in [0.4, 0.5) is 0 Å². The molecule has 2 heterocycles. The van der Waals surface area contributed by atoms with Gasteiger partial charge in [-0.25, -0.2) is 9.97 Å². The average molecular weight is 279 g/mol. The Balaban J connectivity index is 1.68. The molecule has 0 aromatic carbocycles. The Morgan fingerprint density at radius 1 is 1.10 bits per heavy atom. The van der Waals surface area contributed by atoms with Crippen molar-refractivity contribution in [3.63, 3.8) is 0 Å². The van der Waals surface area contributed by atoms with Gasteiger partial charge in [0.15, 0.2) is 5.65 Å². The molecule has 0 aliphatic heterocycles. The van der Waals surface area contributed by atoms with E-state index in [1.165, 1.54) is 43.2 Å². The molecule has 21 heavy (non-hydrogen) atoms. The number of fused-ring (bicyclic) bond motifs is 1. The number of aromatic nitrogens is 3. The van der Waals surface area contributed by atoms with Crippen LogP contribution in [0.1, 0.15) is 62.3 Å². The second-order valence-electron chi connectivity index (χ2n) is 6.19. The van der Waals surface area contributed by atoms with Crippen molar-refractivity contribution in [3.05, 3.63) is 41.9 Å². The molecule has 3 nitrogen and oxygen atoms in total. The van der Waals surface area contributed by atoms with E-state index in [1.54, 1.807) is 0 Å². The number of imidazole rings is 1. The lowest BCUT2D eigenvalue weighted by atomic mass is 9.89. The van der Waals surface area contributed by atoms with E-state index < -0.39 is 0 Å². The molecule has 108 valence electrons. The molecule has 0 radical (unpaired) electrons. The van der Waals surface area contributed by atoms with Gasteiger partial charge in [-0.1, -0.05) is 37.5 Å². The molecule has 3 heteroatoms. The molecular formula is C18H21N3. The Morgan fingerprint density at radius 2 is 2.00 bits per heavy atom. The van der Waals surface area contributed by atoms with Gasteiger partial charge in [0, 0.05) is 17.7 Å². The van der Waals surface area contributed by atoms with E-state index in [0.29, 0.717) is 5.92 Å². The first-order chi connectivity index (χ1) is 10.4. The number of nitrogens with zero attached hydrogens (tertiary/aromatic N) is 2. The van der Waals surface area contributed by atoms with E-state index in [0.717, 1.165) is 29.8 Å². The van der Waals surface area contributed by atoms with Crippen LogP contribution in [-0.4, -0.2) is 15.0 Å². The second kappa shape index (κ2) is 5.47. The molecular weight excluding hydrogens is 258 g/mol. The van der Waals surface area contributed by atoms with Gasteiger partial charge in [0.2, 0.25) is 0 Å². The SMILES string of the molecule is C1=CC(c2cnc3nc(C4CCCCC4)[nH]c3c2)=CCC1. The molecule has 2 aromatic rings. The van der Waals surface area contributed by atoms with Gasteiger partial charge in [0.1, 0.15) is 5.82 Å². The van der Waals surface area contributed by atoms with Crippen LogP contribution in [0.3, 0.4) is 0 Å². The zero-order chi connectivity index (χ0) is 14.1. The lowest BCUT2D eigenvalue weighted by Crippen LogP contribution is -2.05. The van der Waals surface area contributed by atoms with E-state index in [-0.39, 0.29) is 0 Å². The summed E-state index contributed by atoms with van der Waals surface area (Å²) in [7, 11) is 0. The van der Waals surface area contributed by atoms with Crippen molar-refractivity contribution in [1.82, 2.24) is 15.0 Å². The van der Waals surface area contributed by atoms with Crippen LogP contribution in [0.5, 0.6) is 0 Å². The number of allylic oxidation sites excluding steroid dienone is 4. The summed E-state index contributed by atoms with van der Waals surface area (Å²) >= 11 is 0. The van der Waals surface area contributed by atoms with E-state index in [2.05, 4.69) is 34.3 Å². The summed E-state index contributed by atoms with van der Waals surface area (Å²) in [6.45, 7) is 0. The maximum atomic E-state index is 4.72. The number of hydrogen-bond donors (Lipinski definition) is 1. The highest BCUT2D eigenvalue weighted by atomic mass is 15.0. The summed E-state index contributed by atoms with van der Waals surface area (Å²) in [5, 5.41) is 0. The minimum absolute atomic E-state index is 0.602. The maximum absolute atomic E-state index is 4.72. The van der Waals surface area contributed by atoms with Gasteiger partial charge < -0.3 is 4.98 Å². The molecule has 1 N–H and O–H groups in total. The van der Waals surface area contributed by atoms with Gasteiger partial charge in [-0.15, -0.1) is 0 Å². The molecule has 0 spiro atoms. The molecule has 0 saturated heterocycles. The number of hydrogen-bond acceptors (Lipinski definition) is 2. The highest BCUT2D eigenvalue weighted by Crippen LogP contribution is 2.32. The molecule has 4 rings (SSSR count). The highest BCUT2D eigenvalue weighted by Gasteiger charge is 2.19. The quantitative estimate of drug-likeness (QED) is 0.862.